The van der Waals surface area contributed by atoms with E-state index in [0.29, 0.717) is 12.0 Å². The second kappa shape index (κ2) is 5.68. The molecule has 3 N–H and O–H groups in total. The zero-order valence-electron chi connectivity index (χ0n) is 12.6. The van der Waals surface area contributed by atoms with Gasteiger partial charge in [0.1, 0.15) is 0 Å². The van der Waals surface area contributed by atoms with E-state index in [0.717, 1.165) is 33.0 Å². The zero-order chi connectivity index (χ0) is 15.0. The van der Waals surface area contributed by atoms with Gasteiger partial charge in [-0.15, -0.1) is 11.3 Å². The monoisotopic (exact) mass is 302 g/mol. The molecule has 0 bridgehead atoms. The molecule has 1 aliphatic carbocycles. The van der Waals surface area contributed by atoms with Gasteiger partial charge in [-0.05, 0) is 60.7 Å². The number of benzene rings is 1. The van der Waals surface area contributed by atoms with Crippen molar-refractivity contribution in [1.29, 1.82) is 0 Å². The molecule has 1 saturated carbocycles. The summed E-state index contributed by atoms with van der Waals surface area (Å²) >= 11 is 1.54. The Balaban J connectivity index is 1.74. The van der Waals surface area contributed by atoms with Gasteiger partial charge in [0.2, 0.25) is 0 Å². The Labute approximate surface area is 129 Å². The van der Waals surface area contributed by atoms with Crippen molar-refractivity contribution in [2.75, 3.05) is 5.73 Å². The van der Waals surface area contributed by atoms with E-state index in [1.807, 2.05) is 24.3 Å². The Morgan fingerprint density at radius 2 is 2.10 bits per heavy atom. The fraction of sp³-hybridized carbons (Fsp3) is 0.471. The van der Waals surface area contributed by atoms with Crippen LogP contribution < -0.4 is 11.1 Å². The number of carbonyl (C=O) groups is 1. The van der Waals surface area contributed by atoms with Gasteiger partial charge in [-0.3, -0.25) is 4.79 Å². The average Bonchev–Trinajstić information content (AvgIpc) is 2.85. The first-order valence-corrected chi connectivity index (χ1v) is 8.44. The number of thiophene rings is 1. The van der Waals surface area contributed by atoms with E-state index in [9.17, 15) is 4.79 Å². The van der Waals surface area contributed by atoms with Gasteiger partial charge >= 0.3 is 0 Å². The van der Waals surface area contributed by atoms with Crippen LogP contribution in [0.1, 0.15) is 42.8 Å². The van der Waals surface area contributed by atoms with Crippen LogP contribution in [-0.4, -0.2) is 11.9 Å². The second-order valence-electron chi connectivity index (χ2n) is 6.38. The van der Waals surface area contributed by atoms with Crippen molar-refractivity contribution in [3.05, 3.63) is 29.1 Å². The number of hydrogen-bond acceptors (Lipinski definition) is 3. The highest BCUT2D eigenvalue weighted by molar-refractivity contribution is 7.20. The quantitative estimate of drug-likeness (QED) is 0.823. The molecule has 3 nitrogen and oxygen atoms in total. The Hall–Kier alpha value is -1.55. The van der Waals surface area contributed by atoms with Gasteiger partial charge in [0.25, 0.3) is 5.91 Å². The summed E-state index contributed by atoms with van der Waals surface area (Å²) in [5, 5.41) is 4.27. The lowest BCUT2D eigenvalue weighted by atomic mass is 9.80. The number of anilines is 1. The topological polar surface area (TPSA) is 55.1 Å². The van der Waals surface area contributed by atoms with Gasteiger partial charge in [0.05, 0.1) is 4.88 Å². The summed E-state index contributed by atoms with van der Waals surface area (Å²) in [6.07, 6.45) is 3.50. The Kier molecular flexibility index (Phi) is 3.89. The number of amides is 1. The molecule has 112 valence electrons. The van der Waals surface area contributed by atoms with Crippen molar-refractivity contribution in [3.63, 3.8) is 0 Å². The molecule has 21 heavy (non-hydrogen) atoms. The van der Waals surface area contributed by atoms with Crippen molar-refractivity contribution in [3.8, 4) is 0 Å². The predicted octanol–water partition coefficient (Wildman–Crippen LogP) is 4.04. The van der Waals surface area contributed by atoms with Gasteiger partial charge in [0.15, 0.2) is 0 Å². The number of nitrogen functional groups attached to an aromatic ring is 1. The molecular formula is C17H22N2OS. The standard InChI is InChI=1S/C17H22N2OS/c1-10-3-5-14(11(2)7-10)19-17(20)16-9-12-8-13(18)4-6-15(12)21-16/h4,6,8-11,14H,3,5,7,18H2,1-2H3,(H,19,20). The normalized spacial score (nSPS) is 25.9. The van der Waals surface area contributed by atoms with Crippen LogP contribution in [0.2, 0.25) is 0 Å². The Morgan fingerprint density at radius 3 is 2.86 bits per heavy atom. The maximum Gasteiger partial charge on any atom is 0.261 e. The lowest BCUT2D eigenvalue weighted by molar-refractivity contribution is 0.0904. The Morgan fingerprint density at radius 1 is 1.29 bits per heavy atom. The van der Waals surface area contributed by atoms with Crippen LogP contribution >= 0.6 is 11.3 Å². The summed E-state index contributed by atoms with van der Waals surface area (Å²) in [5.74, 6) is 1.39. The van der Waals surface area contributed by atoms with Crippen molar-refractivity contribution < 1.29 is 4.79 Å². The third-order valence-electron chi connectivity index (χ3n) is 4.51. The zero-order valence-corrected chi connectivity index (χ0v) is 13.4. The van der Waals surface area contributed by atoms with Crippen molar-refractivity contribution in [2.24, 2.45) is 11.8 Å². The summed E-state index contributed by atoms with van der Waals surface area (Å²) in [5.41, 5.74) is 6.53. The fourth-order valence-electron chi connectivity index (χ4n) is 3.29. The lowest BCUT2D eigenvalue weighted by Gasteiger charge is -2.33. The molecule has 1 fully saturated rings. The Bertz CT molecular complexity index is 664. The minimum absolute atomic E-state index is 0.0566. The molecule has 4 heteroatoms. The third-order valence-corrected chi connectivity index (χ3v) is 5.63. The van der Waals surface area contributed by atoms with Gasteiger partial charge in [-0.25, -0.2) is 0 Å². The molecule has 1 aliphatic rings. The molecule has 0 radical (unpaired) electrons. The maximum atomic E-state index is 12.5. The largest absolute Gasteiger partial charge is 0.399 e. The molecule has 3 rings (SSSR count). The molecule has 0 spiro atoms. The van der Waals surface area contributed by atoms with E-state index >= 15 is 0 Å². The third kappa shape index (κ3) is 3.05. The first-order chi connectivity index (χ1) is 10.0. The minimum atomic E-state index is 0.0566. The molecule has 2 aromatic rings. The predicted molar refractivity (Wildman–Crippen MR) is 89.7 cm³/mol. The van der Waals surface area contributed by atoms with Crippen molar-refractivity contribution in [1.82, 2.24) is 5.32 Å². The van der Waals surface area contributed by atoms with E-state index in [1.54, 1.807) is 0 Å². The van der Waals surface area contributed by atoms with Crippen molar-refractivity contribution >= 4 is 33.0 Å². The van der Waals surface area contributed by atoms with E-state index in [-0.39, 0.29) is 5.91 Å². The van der Waals surface area contributed by atoms with Gasteiger partial charge in [-0.1, -0.05) is 13.8 Å². The molecule has 0 aliphatic heterocycles. The van der Waals surface area contributed by atoms with Crippen LogP contribution in [0.3, 0.4) is 0 Å². The van der Waals surface area contributed by atoms with Crippen LogP contribution in [0.25, 0.3) is 10.1 Å². The van der Waals surface area contributed by atoms with Crippen LogP contribution in [-0.2, 0) is 0 Å². The molecule has 1 aromatic carbocycles. The summed E-state index contributed by atoms with van der Waals surface area (Å²) in [4.78, 5) is 13.2. The maximum absolute atomic E-state index is 12.5. The van der Waals surface area contributed by atoms with Crippen molar-refractivity contribution in [2.45, 2.75) is 39.2 Å². The average molecular weight is 302 g/mol. The van der Waals surface area contributed by atoms with Crippen LogP contribution in [0.4, 0.5) is 5.69 Å². The summed E-state index contributed by atoms with van der Waals surface area (Å²) in [7, 11) is 0. The molecule has 3 unspecified atom stereocenters. The fourth-order valence-corrected chi connectivity index (χ4v) is 4.24. The first-order valence-electron chi connectivity index (χ1n) is 7.63. The highest BCUT2D eigenvalue weighted by Gasteiger charge is 2.27. The highest BCUT2D eigenvalue weighted by Crippen LogP contribution is 2.30. The van der Waals surface area contributed by atoms with E-state index in [4.69, 9.17) is 5.73 Å². The number of fused-ring (bicyclic) bond motifs is 1. The number of hydrogen-bond donors (Lipinski definition) is 2. The van der Waals surface area contributed by atoms with E-state index in [1.165, 1.54) is 24.2 Å². The van der Waals surface area contributed by atoms with Crippen LogP contribution in [0, 0.1) is 11.8 Å². The summed E-state index contributed by atoms with van der Waals surface area (Å²) in [6.45, 7) is 4.54. The second-order valence-corrected chi connectivity index (χ2v) is 7.47. The lowest BCUT2D eigenvalue weighted by Crippen LogP contribution is -2.42. The van der Waals surface area contributed by atoms with E-state index in [2.05, 4.69) is 19.2 Å². The number of nitrogens with two attached hydrogens (primary N) is 1. The molecule has 1 amide bonds. The van der Waals surface area contributed by atoms with Gasteiger partial charge in [-0.2, -0.15) is 0 Å². The highest BCUT2D eigenvalue weighted by atomic mass is 32.1. The SMILES string of the molecule is CC1CCC(NC(=O)c2cc3cc(N)ccc3s2)C(C)C1. The van der Waals surface area contributed by atoms with Crippen LogP contribution in [0.15, 0.2) is 24.3 Å². The summed E-state index contributed by atoms with van der Waals surface area (Å²) < 4.78 is 1.11. The van der Waals surface area contributed by atoms with Gasteiger partial charge in [0, 0.05) is 16.4 Å². The number of carbonyl (C=O) groups excluding carboxylic acids is 1. The smallest absolute Gasteiger partial charge is 0.261 e. The minimum Gasteiger partial charge on any atom is -0.399 e. The molecular weight excluding hydrogens is 280 g/mol. The molecule has 0 saturated heterocycles. The van der Waals surface area contributed by atoms with Gasteiger partial charge < -0.3 is 11.1 Å². The van der Waals surface area contributed by atoms with Crippen LogP contribution in [0.5, 0.6) is 0 Å². The molecule has 3 atom stereocenters. The first kappa shape index (κ1) is 14.4. The number of nitrogens with one attached hydrogen (secondary N) is 1. The van der Waals surface area contributed by atoms with E-state index < -0.39 is 0 Å². The molecule has 1 aromatic heterocycles. The summed E-state index contributed by atoms with van der Waals surface area (Å²) in [6, 6.07) is 8.04. The number of rotatable bonds is 2. The molecule has 1 heterocycles.